The maximum atomic E-state index is 9.85. The molecular formula is C16H21NO3. The minimum atomic E-state index is -0.551. The topological polar surface area (TPSA) is 61.7 Å². The molecule has 2 aromatic carbocycles. The lowest BCUT2D eigenvalue weighted by molar-refractivity contribution is 0.105. The van der Waals surface area contributed by atoms with Crippen LogP contribution in [-0.4, -0.2) is 35.5 Å². The van der Waals surface area contributed by atoms with Gasteiger partial charge in [0.05, 0.1) is 0 Å². The second-order valence-corrected chi connectivity index (χ2v) is 5.19. The Bertz CT molecular complexity index is 569. The first-order chi connectivity index (χ1) is 9.56. The molecule has 108 valence electrons. The molecule has 0 aliphatic rings. The van der Waals surface area contributed by atoms with Gasteiger partial charge in [-0.15, -0.1) is 0 Å². The van der Waals surface area contributed by atoms with E-state index in [2.05, 4.69) is 5.32 Å². The zero-order valence-corrected chi connectivity index (χ0v) is 11.8. The van der Waals surface area contributed by atoms with Gasteiger partial charge in [-0.25, -0.2) is 0 Å². The summed E-state index contributed by atoms with van der Waals surface area (Å²) in [4.78, 5) is 0. The molecule has 0 saturated carbocycles. The fourth-order valence-corrected chi connectivity index (χ4v) is 1.98. The Labute approximate surface area is 119 Å². The van der Waals surface area contributed by atoms with E-state index < -0.39 is 6.10 Å². The molecule has 0 aromatic heterocycles. The van der Waals surface area contributed by atoms with Gasteiger partial charge in [-0.2, -0.15) is 0 Å². The number of benzene rings is 2. The van der Waals surface area contributed by atoms with Crippen molar-refractivity contribution in [1.29, 1.82) is 0 Å². The Balaban J connectivity index is 2.03. The van der Waals surface area contributed by atoms with Crippen molar-refractivity contribution in [3.8, 4) is 11.5 Å². The molecule has 0 bridgehead atoms. The Morgan fingerprint density at radius 1 is 1.20 bits per heavy atom. The summed E-state index contributed by atoms with van der Waals surface area (Å²) in [5, 5.41) is 24.3. The predicted molar refractivity (Wildman–Crippen MR) is 80.3 cm³/mol. The number of aromatic hydroxyl groups is 1. The van der Waals surface area contributed by atoms with E-state index in [1.165, 1.54) is 0 Å². The molecule has 2 aromatic rings. The lowest BCUT2D eigenvalue weighted by Crippen LogP contribution is -2.35. The third-order valence-electron chi connectivity index (χ3n) is 3.02. The van der Waals surface area contributed by atoms with Crippen LogP contribution in [0.2, 0.25) is 0 Å². The molecule has 0 unspecified atom stereocenters. The van der Waals surface area contributed by atoms with E-state index in [4.69, 9.17) is 4.74 Å². The van der Waals surface area contributed by atoms with Gasteiger partial charge in [0.15, 0.2) is 0 Å². The van der Waals surface area contributed by atoms with Crippen molar-refractivity contribution < 1.29 is 14.9 Å². The monoisotopic (exact) mass is 275 g/mol. The number of ether oxygens (including phenoxy) is 1. The summed E-state index contributed by atoms with van der Waals surface area (Å²) in [5.41, 5.74) is 0. The molecule has 20 heavy (non-hydrogen) atoms. The maximum absolute atomic E-state index is 9.85. The van der Waals surface area contributed by atoms with Crippen molar-refractivity contribution in [2.24, 2.45) is 0 Å². The summed E-state index contributed by atoms with van der Waals surface area (Å²) >= 11 is 0. The number of rotatable bonds is 6. The summed E-state index contributed by atoms with van der Waals surface area (Å²) < 4.78 is 5.68. The first-order valence-corrected chi connectivity index (χ1v) is 6.82. The predicted octanol–water partition coefficient (Wildman–Crippen LogP) is 2.28. The zero-order valence-electron chi connectivity index (χ0n) is 11.8. The lowest BCUT2D eigenvalue weighted by atomic mass is 10.1. The van der Waals surface area contributed by atoms with Gasteiger partial charge in [-0.1, -0.05) is 26.0 Å². The molecule has 0 amide bonds. The second-order valence-electron chi connectivity index (χ2n) is 5.19. The molecule has 0 heterocycles. The highest BCUT2D eigenvalue weighted by Crippen LogP contribution is 2.28. The summed E-state index contributed by atoms with van der Waals surface area (Å²) in [6.07, 6.45) is -0.551. The van der Waals surface area contributed by atoms with Crippen molar-refractivity contribution >= 4 is 10.8 Å². The van der Waals surface area contributed by atoms with E-state index >= 15 is 0 Å². The quantitative estimate of drug-likeness (QED) is 0.757. The lowest BCUT2D eigenvalue weighted by Gasteiger charge is -2.16. The van der Waals surface area contributed by atoms with Gasteiger partial charge in [0, 0.05) is 18.0 Å². The molecule has 0 saturated heterocycles. The number of aliphatic hydroxyl groups excluding tert-OH is 1. The molecule has 0 fully saturated rings. The minimum Gasteiger partial charge on any atom is -0.508 e. The summed E-state index contributed by atoms with van der Waals surface area (Å²) in [5.74, 6) is 0.946. The van der Waals surface area contributed by atoms with Crippen molar-refractivity contribution in [2.45, 2.75) is 26.0 Å². The highest BCUT2D eigenvalue weighted by Gasteiger charge is 2.08. The highest BCUT2D eigenvalue weighted by atomic mass is 16.5. The van der Waals surface area contributed by atoms with Crippen LogP contribution in [0.4, 0.5) is 0 Å². The van der Waals surface area contributed by atoms with E-state index in [9.17, 15) is 10.2 Å². The van der Waals surface area contributed by atoms with Gasteiger partial charge < -0.3 is 20.3 Å². The van der Waals surface area contributed by atoms with E-state index in [1.807, 2.05) is 38.1 Å². The number of nitrogens with one attached hydrogen (secondary N) is 1. The maximum Gasteiger partial charge on any atom is 0.127 e. The van der Waals surface area contributed by atoms with Crippen LogP contribution in [0.1, 0.15) is 13.8 Å². The van der Waals surface area contributed by atoms with Gasteiger partial charge in [0.25, 0.3) is 0 Å². The molecule has 4 heteroatoms. The molecule has 3 N–H and O–H groups in total. The number of hydrogen-bond donors (Lipinski definition) is 3. The van der Waals surface area contributed by atoms with Crippen molar-refractivity contribution in [2.75, 3.05) is 13.2 Å². The average Bonchev–Trinajstić information content (AvgIpc) is 2.42. The Morgan fingerprint density at radius 2 is 2.00 bits per heavy atom. The number of phenols is 1. The summed E-state index contributed by atoms with van der Waals surface area (Å²) in [6.45, 7) is 4.80. The Kier molecular flexibility index (Phi) is 4.82. The van der Waals surface area contributed by atoms with Crippen molar-refractivity contribution in [3.63, 3.8) is 0 Å². The van der Waals surface area contributed by atoms with Gasteiger partial charge in [0.2, 0.25) is 0 Å². The zero-order chi connectivity index (χ0) is 14.5. The van der Waals surface area contributed by atoms with Crippen LogP contribution in [0.15, 0.2) is 36.4 Å². The third-order valence-corrected chi connectivity index (χ3v) is 3.02. The fraction of sp³-hybridized carbons (Fsp3) is 0.375. The van der Waals surface area contributed by atoms with Gasteiger partial charge >= 0.3 is 0 Å². The number of fused-ring (bicyclic) bond motifs is 1. The van der Waals surface area contributed by atoms with Crippen LogP contribution < -0.4 is 10.1 Å². The van der Waals surface area contributed by atoms with Crippen LogP contribution in [0, 0.1) is 0 Å². The van der Waals surface area contributed by atoms with Crippen molar-refractivity contribution in [1.82, 2.24) is 5.32 Å². The van der Waals surface area contributed by atoms with E-state index in [0.717, 1.165) is 10.8 Å². The smallest absolute Gasteiger partial charge is 0.127 e. The standard InChI is InChI=1S/C16H21NO3/c1-11(2)17-9-14(19)10-20-16-5-3-4-12-8-13(18)6-7-15(12)16/h3-8,11,14,17-19H,9-10H2,1-2H3/t14-/m0/s1. The number of hydrogen-bond acceptors (Lipinski definition) is 4. The van der Waals surface area contributed by atoms with E-state index in [-0.39, 0.29) is 12.4 Å². The number of aliphatic hydroxyl groups is 1. The van der Waals surface area contributed by atoms with E-state index in [0.29, 0.717) is 18.3 Å². The SMILES string of the molecule is CC(C)NC[C@H](O)COc1cccc2cc(O)ccc12. The number of phenolic OH excluding ortho intramolecular Hbond substituents is 1. The third kappa shape index (κ3) is 3.85. The van der Waals surface area contributed by atoms with Gasteiger partial charge in [-0.05, 0) is 29.7 Å². The van der Waals surface area contributed by atoms with Gasteiger partial charge in [0.1, 0.15) is 24.2 Å². The fourth-order valence-electron chi connectivity index (χ4n) is 1.98. The molecule has 2 rings (SSSR count). The Hall–Kier alpha value is -1.78. The average molecular weight is 275 g/mol. The highest BCUT2D eigenvalue weighted by molar-refractivity contribution is 5.89. The normalized spacial score (nSPS) is 12.8. The molecule has 1 atom stereocenters. The Morgan fingerprint density at radius 3 is 2.75 bits per heavy atom. The first-order valence-electron chi connectivity index (χ1n) is 6.82. The first kappa shape index (κ1) is 14.6. The van der Waals surface area contributed by atoms with Crippen LogP contribution >= 0.6 is 0 Å². The molecule has 0 radical (unpaired) electrons. The largest absolute Gasteiger partial charge is 0.508 e. The molecular weight excluding hydrogens is 254 g/mol. The van der Waals surface area contributed by atoms with Gasteiger partial charge in [-0.3, -0.25) is 0 Å². The minimum absolute atomic E-state index is 0.232. The van der Waals surface area contributed by atoms with Crippen molar-refractivity contribution in [3.05, 3.63) is 36.4 Å². The molecule has 0 aliphatic carbocycles. The van der Waals surface area contributed by atoms with Crippen LogP contribution in [-0.2, 0) is 0 Å². The summed E-state index contributed by atoms with van der Waals surface area (Å²) in [6, 6.07) is 11.1. The molecule has 0 aliphatic heterocycles. The van der Waals surface area contributed by atoms with E-state index in [1.54, 1.807) is 12.1 Å². The molecule has 4 nitrogen and oxygen atoms in total. The second kappa shape index (κ2) is 6.59. The molecule has 0 spiro atoms. The van der Waals surface area contributed by atoms with Crippen LogP contribution in [0.25, 0.3) is 10.8 Å². The summed E-state index contributed by atoms with van der Waals surface area (Å²) in [7, 11) is 0. The van der Waals surface area contributed by atoms with Crippen LogP contribution in [0.3, 0.4) is 0 Å². The van der Waals surface area contributed by atoms with Crippen LogP contribution in [0.5, 0.6) is 11.5 Å².